The van der Waals surface area contributed by atoms with Gasteiger partial charge in [-0.15, -0.1) is 0 Å². The molecule has 4 rings (SSSR count). The van der Waals surface area contributed by atoms with Gasteiger partial charge in [0.1, 0.15) is 16.5 Å². The van der Waals surface area contributed by atoms with Crippen molar-refractivity contribution in [2.45, 2.75) is 39.5 Å². The molecule has 9 heteroatoms. The number of anilines is 2. The zero-order valence-electron chi connectivity index (χ0n) is 22.4. The Balaban J connectivity index is 1.40. The largest absolute Gasteiger partial charge is 0.462 e. The number of nitrogens with one attached hydrogen (secondary N) is 1. The van der Waals surface area contributed by atoms with E-state index >= 15 is 0 Å². The summed E-state index contributed by atoms with van der Waals surface area (Å²) in [5.41, 5.74) is 2.36. The summed E-state index contributed by atoms with van der Waals surface area (Å²) in [6.07, 6.45) is 1.67. The zero-order chi connectivity index (χ0) is 28.8. The predicted octanol–water partition coefficient (Wildman–Crippen LogP) is 6.42. The van der Waals surface area contributed by atoms with Gasteiger partial charge in [-0.2, -0.15) is 0 Å². The van der Waals surface area contributed by atoms with Gasteiger partial charge in [0.25, 0.3) is 11.8 Å². The van der Waals surface area contributed by atoms with Crippen LogP contribution in [0.2, 0.25) is 0 Å². The lowest BCUT2D eigenvalue weighted by molar-refractivity contribution is -0.120. The number of amides is 2. The molecular weight excluding hydrogens is 532 g/mol. The highest BCUT2D eigenvalue weighted by Crippen LogP contribution is 2.30. The predicted molar refractivity (Wildman–Crippen MR) is 153 cm³/mol. The van der Waals surface area contributed by atoms with E-state index in [9.17, 15) is 19.2 Å². The fourth-order valence-corrected chi connectivity index (χ4v) is 4.12. The first-order valence-electron chi connectivity index (χ1n) is 12.9. The van der Waals surface area contributed by atoms with Crippen LogP contribution in [0, 0.1) is 0 Å². The lowest BCUT2D eigenvalue weighted by atomic mass is 10.0. The first-order chi connectivity index (χ1) is 19.2. The molecule has 3 aromatic carbocycles. The molecule has 0 saturated heterocycles. The summed E-state index contributed by atoms with van der Waals surface area (Å²) in [5.74, 6) is -1.55. The van der Waals surface area contributed by atoms with Crippen molar-refractivity contribution >= 4 is 46.7 Å². The minimum atomic E-state index is -0.698. The molecule has 0 bridgehead atoms. The van der Waals surface area contributed by atoms with Crippen molar-refractivity contribution in [1.29, 1.82) is 0 Å². The summed E-state index contributed by atoms with van der Waals surface area (Å²) in [4.78, 5) is 51.5. The fraction of sp³-hybridized carbons (Fsp3) is 0.226. The van der Waals surface area contributed by atoms with E-state index in [0.29, 0.717) is 35.1 Å². The van der Waals surface area contributed by atoms with E-state index in [4.69, 9.17) is 21.1 Å². The number of imide groups is 1. The summed E-state index contributed by atoms with van der Waals surface area (Å²) in [5, 5.41) is 2.59. The first kappa shape index (κ1) is 28.6. The third-order valence-corrected chi connectivity index (χ3v) is 6.62. The Labute approximate surface area is 237 Å². The second-order valence-electron chi connectivity index (χ2n) is 9.49. The second-order valence-corrected chi connectivity index (χ2v) is 9.86. The van der Waals surface area contributed by atoms with Gasteiger partial charge in [0, 0.05) is 5.69 Å². The number of carbonyl (C=O) groups excluding carboxylic acids is 4. The van der Waals surface area contributed by atoms with E-state index in [1.165, 1.54) is 24.3 Å². The molecule has 1 N–H and O–H groups in total. The van der Waals surface area contributed by atoms with Crippen LogP contribution in [-0.2, 0) is 14.3 Å². The molecule has 8 nitrogen and oxygen atoms in total. The Hall–Kier alpha value is -4.43. The summed E-state index contributed by atoms with van der Waals surface area (Å²) in [7, 11) is 0. The van der Waals surface area contributed by atoms with Crippen molar-refractivity contribution < 1.29 is 28.7 Å². The molecule has 1 aliphatic heterocycles. The van der Waals surface area contributed by atoms with E-state index in [-0.39, 0.29) is 16.4 Å². The standard InChI is InChI=1S/C31H29ClN2O6/c1-4-5-18-39-30(37)21-8-14-24(15-9-21)34-28(35)26(32)27(29(34)36)33-23-12-6-22(7-13-23)31(38)40-25-16-10-20(11-17-25)19(2)3/h6-17,19,33H,4-5,18H2,1-3H3. The molecule has 3 aromatic rings. The van der Waals surface area contributed by atoms with Gasteiger partial charge in [-0.3, -0.25) is 9.59 Å². The molecule has 2 amide bonds. The number of ether oxygens (including phenoxy) is 2. The Bertz CT molecular complexity index is 1440. The SMILES string of the molecule is CCCCOC(=O)c1ccc(N2C(=O)C(Cl)=C(Nc3ccc(C(=O)Oc4ccc(C(C)C)cc4)cc3)C2=O)cc1. The number of hydrogen-bond acceptors (Lipinski definition) is 7. The van der Waals surface area contributed by atoms with Gasteiger partial charge in [0.2, 0.25) is 0 Å². The molecule has 0 spiro atoms. The summed E-state index contributed by atoms with van der Waals surface area (Å²) in [6, 6.07) is 19.5. The number of nitrogens with zero attached hydrogens (tertiary/aromatic N) is 1. The molecule has 1 aliphatic rings. The van der Waals surface area contributed by atoms with Crippen molar-refractivity contribution in [2.24, 2.45) is 0 Å². The maximum absolute atomic E-state index is 13.1. The van der Waals surface area contributed by atoms with E-state index in [1.54, 1.807) is 36.4 Å². The molecule has 0 aliphatic carbocycles. The third-order valence-electron chi connectivity index (χ3n) is 6.27. The molecule has 0 aromatic heterocycles. The monoisotopic (exact) mass is 560 g/mol. The van der Waals surface area contributed by atoms with Crippen molar-refractivity contribution in [3.05, 3.63) is 100 Å². The quantitative estimate of drug-likeness (QED) is 0.132. The Morgan fingerprint density at radius 1 is 0.850 bits per heavy atom. The van der Waals surface area contributed by atoms with Crippen LogP contribution in [0.1, 0.15) is 65.8 Å². The van der Waals surface area contributed by atoms with Crippen LogP contribution in [0.25, 0.3) is 0 Å². The third kappa shape index (κ3) is 6.40. The lowest BCUT2D eigenvalue weighted by Gasteiger charge is -2.15. The van der Waals surface area contributed by atoms with Crippen LogP contribution >= 0.6 is 11.6 Å². The summed E-state index contributed by atoms with van der Waals surface area (Å²) >= 11 is 6.23. The number of rotatable bonds is 10. The Morgan fingerprint density at radius 3 is 2.05 bits per heavy atom. The van der Waals surface area contributed by atoms with Gasteiger partial charge in [0.05, 0.1) is 23.4 Å². The maximum atomic E-state index is 13.1. The van der Waals surface area contributed by atoms with Gasteiger partial charge in [-0.1, -0.05) is 50.9 Å². The molecule has 40 heavy (non-hydrogen) atoms. The van der Waals surface area contributed by atoms with Crippen molar-refractivity contribution in [1.82, 2.24) is 0 Å². The lowest BCUT2D eigenvalue weighted by Crippen LogP contribution is -2.32. The summed E-state index contributed by atoms with van der Waals surface area (Å²) < 4.78 is 10.6. The van der Waals surface area contributed by atoms with Crippen LogP contribution in [-0.4, -0.2) is 30.4 Å². The average Bonchev–Trinajstić information content (AvgIpc) is 3.16. The number of halogens is 1. The van der Waals surface area contributed by atoms with Crippen LogP contribution < -0.4 is 15.0 Å². The normalized spacial score (nSPS) is 13.2. The molecule has 0 atom stereocenters. The van der Waals surface area contributed by atoms with Crippen LogP contribution in [0.3, 0.4) is 0 Å². The minimum Gasteiger partial charge on any atom is -0.462 e. The van der Waals surface area contributed by atoms with Gasteiger partial charge < -0.3 is 14.8 Å². The topological polar surface area (TPSA) is 102 Å². The highest BCUT2D eigenvalue weighted by Gasteiger charge is 2.39. The number of hydrogen-bond donors (Lipinski definition) is 1. The Kier molecular flexibility index (Phi) is 9.01. The molecule has 1 heterocycles. The number of benzene rings is 3. The van der Waals surface area contributed by atoms with E-state index in [1.807, 2.05) is 19.1 Å². The molecule has 0 radical (unpaired) electrons. The van der Waals surface area contributed by atoms with E-state index in [0.717, 1.165) is 23.3 Å². The van der Waals surface area contributed by atoms with Gasteiger partial charge in [-0.05, 0) is 78.6 Å². The van der Waals surface area contributed by atoms with Gasteiger partial charge in [-0.25, -0.2) is 14.5 Å². The van der Waals surface area contributed by atoms with E-state index < -0.39 is 23.8 Å². The highest BCUT2D eigenvalue weighted by molar-refractivity contribution is 6.53. The maximum Gasteiger partial charge on any atom is 0.343 e. The number of esters is 2. The summed E-state index contributed by atoms with van der Waals surface area (Å²) in [6.45, 7) is 6.48. The molecular formula is C31H29ClN2O6. The zero-order valence-corrected chi connectivity index (χ0v) is 23.2. The molecule has 0 unspecified atom stereocenters. The molecule has 206 valence electrons. The van der Waals surface area contributed by atoms with Crippen molar-refractivity contribution in [3.8, 4) is 5.75 Å². The van der Waals surface area contributed by atoms with Crippen molar-refractivity contribution in [3.63, 3.8) is 0 Å². The second kappa shape index (κ2) is 12.6. The smallest absolute Gasteiger partial charge is 0.343 e. The number of unbranched alkanes of at least 4 members (excludes halogenated alkanes) is 1. The fourth-order valence-electron chi connectivity index (χ4n) is 3.91. The van der Waals surface area contributed by atoms with E-state index in [2.05, 4.69) is 19.2 Å². The van der Waals surface area contributed by atoms with Gasteiger partial charge in [0.15, 0.2) is 0 Å². The highest BCUT2D eigenvalue weighted by atomic mass is 35.5. The van der Waals surface area contributed by atoms with Crippen molar-refractivity contribution in [2.75, 3.05) is 16.8 Å². The average molecular weight is 561 g/mol. The molecule has 0 fully saturated rings. The first-order valence-corrected chi connectivity index (χ1v) is 13.3. The minimum absolute atomic E-state index is 0.102. The number of carbonyl (C=O) groups is 4. The van der Waals surface area contributed by atoms with Crippen LogP contribution in [0.5, 0.6) is 5.75 Å². The van der Waals surface area contributed by atoms with Crippen LogP contribution in [0.4, 0.5) is 11.4 Å². The van der Waals surface area contributed by atoms with Crippen LogP contribution in [0.15, 0.2) is 83.5 Å². The molecule has 0 saturated carbocycles. The van der Waals surface area contributed by atoms with Gasteiger partial charge >= 0.3 is 11.9 Å². The Morgan fingerprint density at radius 2 is 1.45 bits per heavy atom.